The maximum atomic E-state index is 13.6. The molecular weight excluding hydrogens is 345 g/mol. The number of amides is 1. The normalized spacial score (nSPS) is 16.4. The summed E-state index contributed by atoms with van der Waals surface area (Å²) in [6.45, 7) is -0.395. The highest BCUT2D eigenvalue weighted by Crippen LogP contribution is 2.38. The maximum Gasteiger partial charge on any atom is 0.352 e. The summed E-state index contributed by atoms with van der Waals surface area (Å²) in [5.74, 6) is -2.63. The molecule has 0 bridgehead atoms. The minimum atomic E-state index is -1.41. The molecule has 0 saturated carbocycles. The van der Waals surface area contributed by atoms with Crippen molar-refractivity contribution in [3.63, 3.8) is 0 Å². The lowest BCUT2D eigenvalue weighted by atomic mass is 10.0. The number of carboxylic acid groups (broad SMARTS) is 1. The SMILES string of the molecule is O=C1Cn2c(C(=O)O)cc([N+](=O)[O-])c2C(c2cc(F)ccc2Cl)N1. The smallest absolute Gasteiger partial charge is 0.352 e. The van der Waals surface area contributed by atoms with Gasteiger partial charge in [-0.3, -0.25) is 14.9 Å². The van der Waals surface area contributed by atoms with Gasteiger partial charge in [-0.15, -0.1) is 0 Å². The molecule has 0 aliphatic carbocycles. The summed E-state index contributed by atoms with van der Waals surface area (Å²) in [5, 5.41) is 23.1. The van der Waals surface area contributed by atoms with Crippen LogP contribution in [0, 0.1) is 15.9 Å². The minimum absolute atomic E-state index is 0.0653. The van der Waals surface area contributed by atoms with Crippen molar-refractivity contribution in [1.29, 1.82) is 0 Å². The molecule has 2 aromatic rings. The van der Waals surface area contributed by atoms with E-state index in [1.807, 2.05) is 0 Å². The van der Waals surface area contributed by atoms with Crippen molar-refractivity contribution >= 4 is 29.2 Å². The Bertz CT molecular complexity index is 895. The van der Waals surface area contributed by atoms with Gasteiger partial charge in [-0.05, 0) is 18.2 Å². The summed E-state index contributed by atoms with van der Waals surface area (Å²) in [6.07, 6.45) is 0. The van der Waals surface area contributed by atoms with Crippen LogP contribution in [0.3, 0.4) is 0 Å². The van der Waals surface area contributed by atoms with Crippen molar-refractivity contribution in [2.45, 2.75) is 12.6 Å². The van der Waals surface area contributed by atoms with E-state index in [0.717, 1.165) is 22.8 Å². The van der Waals surface area contributed by atoms with E-state index in [9.17, 15) is 29.2 Å². The fraction of sp³-hybridized carbons (Fsp3) is 0.143. The quantitative estimate of drug-likeness (QED) is 0.647. The summed E-state index contributed by atoms with van der Waals surface area (Å²) in [7, 11) is 0. The number of nitrogens with zero attached hydrogens (tertiary/aromatic N) is 2. The number of rotatable bonds is 3. The molecule has 24 heavy (non-hydrogen) atoms. The van der Waals surface area contributed by atoms with E-state index in [1.165, 1.54) is 6.07 Å². The molecular formula is C14H9ClFN3O5. The molecule has 2 N–H and O–H groups in total. The third-order valence-corrected chi connectivity index (χ3v) is 4.03. The van der Waals surface area contributed by atoms with Crippen molar-refractivity contribution in [1.82, 2.24) is 9.88 Å². The average molecular weight is 354 g/mol. The first-order valence-electron chi connectivity index (χ1n) is 6.65. The van der Waals surface area contributed by atoms with E-state index in [0.29, 0.717) is 0 Å². The molecule has 8 nitrogen and oxygen atoms in total. The van der Waals surface area contributed by atoms with Crippen LogP contribution in [0.25, 0.3) is 0 Å². The number of hydrogen-bond donors (Lipinski definition) is 2. The second kappa shape index (κ2) is 5.60. The molecule has 0 spiro atoms. The molecule has 10 heteroatoms. The van der Waals surface area contributed by atoms with Crippen LogP contribution in [0.4, 0.5) is 10.1 Å². The Morgan fingerprint density at radius 1 is 1.46 bits per heavy atom. The third kappa shape index (κ3) is 2.48. The molecule has 1 aromatic heterocycles. The molecule has 1 aliphatic heterocycles. The first-order chi connectivity index (χ1) is 11.3. The monoisotopic (exact) mass is 353 g/mol. The first-order valence-corrected chi connectivity index (χ1v) is 7.02. The number of nitro groups is 1. The van der Waals surface area contributed by atoms with Gasteiger partial charge >= 0.3 is 5.97 Å². The highest BCUT2D eigenvalue weighted by molar-refractivity contribution is 6.31. The van der Waals surface area contributed by atoms with Crippen molar-refractivity contribution in [2.24, 2.45) is 0 Å². The van der Waals surface area contributed by atoms with Crippen LogP contribution in [-0.4, -0.2) is 26.5 Å². The number of aromatic carboxylic acids is 1. The highest BCUT2D eigenvalue weighted by atomic mass is 35.5. The van der Waals surface area contributed by atoms with Crippen LogP contribution in [0.1, 0.15) is 27.8 Å². The molecule has 1 unspecified atom stereocenters. The van der Waals surface area contributed by atoms with Gasteiger partial charge in [0.25, 0.3) is 5.69 Å². The second-order valence-corrected chi connectivity index (χ2v) is 5.52. The Morgan fingerprint density at radius 2 is 2.17 bits per heavy atom. The van der Waals surface area contributed by atoms with Crippen LogP contribution < -0.4 is 5.32 Å². The van der Waals surface area contributed by atoms with Crippen molar-refractivity contribution < 1.29 is 24.0 Å². The number of aromatic nitrogens is 1. The maximum absolute atomic E-state index is 13.6. The fourth-order valence-corrected chi connectivity index (χ4v) is 2.95. The summed E-state index contributed by atoms with van der Waals surface area (Å²) < 4.78 is 14.6. The lowest BCUT2D eigenvalue weighted by molar-refractivity contribution is -0.385. The van der Waals surface area contributed by atoms with Crippen LogP contribution in [0.2, 0.25) is 5.02 Å². The zero-order valence-corrected chi connectivity index (χ0v) is 12.6. The van der Waals surface area contributed by atoms with Crippen molar-refractivity contribution in [3.8, 4) is 0 Å². The van der Waals surface area contributed by atoms with E-state index in [1.54, 1.807) is 0 Å². The average Bonchev–Trinajstić information content (AvgIpc) is 2.88. The van der Waals surface area contributed by atoms with E-state index in [4.69, 9.17) is 11.6 Å². The fourth-order valence-electron chi connectivity index (χ4n) is 2.73. The lowest BCUT2D eigenvalue weighted by Crippen LogP contribution is -2.40. The third-order valence-electron chi connectivity index (χ3n) is 3.68. The Balaban J connectivity index is 2.29. The predicted molar refractivity (Wildman–Crippen MR) is 79.4 cm³/mol. The Morgan fingerprint density at radius 3 is 2.79 bits per heavy atom. The van der Waals surface area contributed by atoms with Crippen LogP contribution in [-0.2, 0) is 11.3 Å². The largest absolute Gasteiger partial charge is 0.477 e. The van der Waals surface area contributed by atoms with Crippen LogP contribution in [0.5, 0.6) is 0 Å². The lowest BCUT2D eigenvalue weighted by Gasteiger charge is -2.27. The molecule has 1 atom stereocenters. The number of carbonyl (C=O) groups excluding carboxylic acids is 1. The van der Waals surface area contributed by atoms with Gasteiger partial charge in [-0.25, -0.2) is 9.18 Å². The standard InChI is InChI=1S/C14H9ClFN3O5/c15-8-2-1-6(16)3-7(8)12-13-9(19(23)24)4-10(14(21)22)18(13)5-11(20)17-12/h1-4,12H,5H2,(H,17,20)(H,21,22). The molecule has 1 amide bonds. The molecule has 2 heterocycles. The van der Waals surface area contributed by atoms with Gasteiger partial charge in [-0.2, -0.15) is 0 Å². The summed E-state index contributed by atoms with van der Waals surface area (Å²) in [5.41, 5.74) is -0.851. The van der Waals surface area contributed by atoms with Gasteiger partial charge in [0.15, 0.2) is 0 Å². The number of carbonyl (C=O) groups is 2. The number of nitrogens with one attached hydrogen (secondary N) is 1. The van der Waals surface area contributed by atoms with Gasteiger partial charge < -0.3 is 15.0 Å². The molecule has 0 radical (unpaired) electrons. The number of carboxylic acids is 1. The van der Waals surface area contributed by atoms with Gasteiger partial charge in [0.2, 0.25) is 5.91 Å². The Kier molecular flexibility index (Phi) is 3.72. The topological polar surface area (TPSA) is 114 Å². The van der Waals surface area contributed by atoms with Gasteiger partial charge in [0.05, 0.1) is 4.92 Å². The zero-order valence-electron chi connectivity index (χ0n) is 11.8. The number of halogens is 2. The summed E-state index contributed by atoms with van der Waals surface area (Å²) in [4.78, 5) is 33.8. The summed E-state index contributed by atoms with van der Waals surface area (Å²) in [6, 6.07) is 3.14. The van der Waals surface area contributed by atoms with Gasteiger partial charge in [0.1, 0.15) is 29.8 Å². The van der Waals surface area contributed by atoms with E-state index in [2.05, 4.69) is 5.32 Å². The number of fused-ring (bicyclic) bond motifs is 1. The predicted octanol–water partition coefficient (Wildman–Crippen LogP) is 2.11. The van der Waals surface area contributed by atoms with E-state index in [-0.39, 0.29) is 16.3 Å². The van der Waals surface area contributed by atoms with Crippen molar-refractivity contribution in [3.05, 3.63) is 62.2 Å². The molecule has 1 aliphatic rings. The van der Waals surface area contributed by atoms with E-state index < -0.39 is 46.6 Å². The summed E-state index contributed by atoms with van der Waals surface area (Å²) >= 11 is 6.03. The van der Waals surface area contributed by atoms with E-state index >= 15 is 0 Å². The minimum Gasteiger partial charge on any atom is -0.477 e. The molecule has 0 saturated heterocycles. The zero-order chi connectivity index (χ0) is 17.6. The van der Waals surface area contributed by atoms with Crippen LogP contribution >= 0.6 is 11.6 Å². The molecule has 124 valence electrons. The highest BCUT2D eigenvalue weighted by Gasteiger charge is 2.38. The molecule has 1 aromatic carbocycles. The number of hydrogen-bond acceptors (Lipinski definition) is 4. The molecule has 0 fully saturated rings. The number of benzene rings is 1. The van der Waals surface area contributed by atoms with Gasteiger partial charge in [-0.1, -0.05) is 11.6 Å². The van der Waals surface area contributed by atoms with Crippen molar-refractivity contribution in [2.75, 3.05) is 0 Å². The Hall–Kier alpha value is -2.94. The van der Waals surface area contributed by atoms with Gasteiger partial charge in [0, 0.05) is 16.7 Å². The molecule has 3 rings (SSSR count). The van der Waals surface area contributed by atoms with Crippen LogP contribution in [0.15, 0.2) is 24.3 Å². The Labute approximate surface area is 138 Å². The second-order valence-electron chi connectivity index (χ2n) is 5.11. The first kappa shape index (κ1) is 15.9.